The van der Waals surface area contributed by atoms with Crippen LogP contribution in [0.25, 0.3) is 0 Å². The molecular formula is C8H10Cl3N. The minimum atomic E-state index is 0.314. The van der Waals surface area contributed by atoms with Crippen LogP contribution < -0.4 is 5.73 Å². The second-order valence-corrected chi connectivity index (χ2v) is 2.95. The second-order valence-electron chi connectivity index (χ2n) is 1.76. The second kappa shape index (κ2) is 5.52. The topological polar surface area (TPSA) is 26.0 Å². The monoisotopic (exact) mass is 225 g/mol. The first-order chi connectivity index (χ1) is 5.63. The van der Waals surface area contributed by atoms with Gasteiger partial charge in [0.2, 0.25) is 0 Å². The largest absolute Gasteiger partial charge is 0.396 e. The lowest BCUT2D eigenvalue weighted by atomic mass is 10.3. The first-order valence-electron chi connectivity index (χ1n) is 3.52. The van der Waals surface area contributed by atoms with E-state index in [-0.39, 0.29) is 0 Å². The van der Waals surface area contributed by atoms with Crippen molar-refractivity contribution in [3.8, 4) is 0 Å². The number of halogens is 3. The third-order valence-corrected chi connectivity index (χ3v) is 2.23. The Morgan fingerprint density at radius 2 is 1.42 bits per heavy atom. The van der Waals surface area contributed by atoms with Gasteiger partial charge in [0, 0.05) is 0 Å². The third-order valence-electron chi connectivity index (χ3n) is 1.08. The molecule has 0 saturated carbocycles. The Morgan fingerprint density at radius 1 is 1.00 bits per heavy atom. The van der Waals surface area contributed by atoms with Gasteiger partial charge in [-0.25, -0.2) is 0 Å². The van der Waals surface area contributed by atoms with E-state index in [0.717, 1.165) is 0 Å². The molecule has 0 aliphatic rings. The summed E-state index contributed by atoms with van der Waals surface area (Å²) >= 11 is 16.9. The van der Waals surface area contributed by atoms with Crippen LogP contribution in [0.5, 0.6) is 0 Å². The minimum Gasteiger partial charge on any atom is -0.396 e. The van der Waals surface area contributed by atoms with Gasteiger partial charge in [0.15, 0.2) is 0 Å². The van der Waals surface area contributed by atoms with Crippen LogP contribution in [0.4, 0.5) is 5.69 Å². The summed E-state index contributed by atoms with van der Waals surface area (Å²) in [5.74, 6) is 0. The molecule has 4 heteroatoms. The summed E-state index contributed by atoms with van der Waals surface area (Å²) in [5.41, 5.74) is 5.76. The predicted octanol–water partition coefficient (Wildman–Crippen LogP) is 4.26. The van der Waals surface area contributed by atoms with E-state index in [0.29, 0.717) is 20.8 Å². The Balaban J connectivity index is 0.000000561. The van der Waals surface area contributed by atoms with Crippen LogP contribution >= 0.6 is 34.8 Å². The molecular weight excluding hydrogens is 216 g/mol. The number of nitrogen functional groups attached to an aromatic ring is 1. The van der Waals surface area contributed by atoms with Gasteiger partial charge in [0.05, 0.1) is 20.8 Å². The highest BCUT2D eigenvalue weighted by atomic mass is 35.5. The van der Waals surface area contributed by atoms with Crippen molar-refractivity contribution < 1.29 is 0 Å². The van der Waals surface area contributed by atoms with E-state index >= 15 is 0 Å². The maximum absolute atomic E-state index is 5.64. The normalized spacial score (nSPS) is 8.75. The quantitative estimate of drug-likeness (QED) is 0.519. The predicted molar refractivity (Wildman–Crippen MR) is 57.2 cm³/mol. The van der Waals surface area contributed by atoms with Crippen LogP contribution in [-0.2, 0) is 0 Å². The fourth-order valence-corrected chi connectivity index (χ4v) is 1.08. The van der Waals surface area contributed by atoms with E-state index in [9.17, 15) is 0 Å². The van der Waals surface area contributed by atoms with E-state index in [1.807, 2.05) is 13.8 Å². The minimum absolute atomic E-state index is 0.314. The molecule has 0 unspecified atom stereocenters. The zero-order valence-corrected chi connectivity index (χ0v) is 9.13. The van der Waals surface area contributed by atoms with Crippen LogP contribution in [-0.4, -0.2) is 0 Å². The van der Waals surface area contributed by atoms with Gasteiger partial charge in [-0.2, -0.15) is 0 Å². The highest BCUT2D eigenvalue weighted by molar-refractivity contribution is 6.45. The molecule has 0 fully saturated rings. The number of benzene rings is 1. The van der Waals surface area contributed by atoms with Crippen LogP contribution in [0.15, 0.2) is 12.1 Å². The number of hydrogen-bond donors (Lipinski definition) is 1. The molecule has 0 aliphatic heterocycles. The fourth-order valence-electron chi connectivity index (χ4n) is 0.543. The zero-order valence-electron chi connectivity index (χ0n) is 6.87. The Morgan fingerprint density at radius 3 is 1.83 bits per heavy atom. The average molecular weight is 227 g/mol. The maximum Gasteiger partial charge on any atom is 0.0836 e. The number of anilines is 1. The standard InChI is InChI=1S/C6H4Cl3N.C2H6/c7-3-1-2-4(8)6(10)5(3)9;1-2/h1-2H,10H2;1-2H3. The highest BCUT2D eigenvalue weighted by Crippen LogP contribution is 2.32. The Labute approximate surface area is 87.4 Å². The van der Waals surface area contributed by atoms with Crippen molar-refractivity contribution in [2.24, 2.45) is 0 Å². The molecule has 0 saturated heterocycles. The summed E-state index contributed by atoms with van der Waals surface area (Å²) in [6.07, 6.45) is 0. The Hall–Kier alpha value is -0.110. The van der Waals surface area contributed by atoms with Gasteiger partial charge >= 0.3 is 0 Å². The molecule has 2 N–H and O–H groups in total. The van der Waals surface area contributed by atoms with Crippen LogP contribution in [0.1, 0.15) is 13.8 Å². The lowest BCUT2D eigenvalue weighted by Crippen LogP contribution is -1.87. The van der Waals surface area contributed by atoms with Gasteiger partial charge in [0.1, 0.15) is 0 Å². The molecule has 0 radical (unpaired) electrons. The van der Waals surface area contributed by atoms with E-state index in [2.05, 4.69) is 0 Å². The van der Waals surface area contributed by atoms with Crippen molar-refractivity contribution in [1.29, 1.82) is 0 Å². The molecule has 0 atom stereocenters. The maximum atomic E-state index is 5.64. The summed E-state index contributed by atoms with van der Waals surface area (Å²) in [7, 11) is 0. The van der Waals surface area contributed by atoms with Crippen molar-refractivity contribution in [2.45, 2.75) is 13.8 Å². The van der Waals surface area contributed by atoms with Crippen LogP contribution in [0, 0.1) is 0 Å². The zero-order chi connectivity index (χ0) is 9.72. The fraction of sp³-hybridized carbons (Fsp3) is 0.250. The van der Waals surface area contributed by atoms with Crippen molar-refractivity contribution in [1.82, 2.24) is 0 Å². The summed E-state index contributed by atoms with van der Waals surface area (Å²) in [5, 5.41) is 1.16. The summed E-state index contributed by atoms with van der Waals surface area (Å²) in [4.78, 5) is 0. The molecule has 12 heavy (non-hydrogen) atoms. The first kappa shape index (κ1) is 11.9. The van der Waals surface area contributed by atoms with Gasteiger partial charge in [-0.15, -0.1) is 0 Å². The summed E-state index contributed by atoms with van der Waals surface area (Å²) in [6.45, 7) is 4.00. The summed E-state index contributed by atoms with van der Waals surface area (Å²) in [6, 6.07) is 3.20. The van der Waals surface area contributed by atoms with E-state index in [4.69, 9.17) is 40.5 Å². The van der Waals surface area contributed by atoms with Crippen molar-refractivity contribution in [2.75, 3.05) is 5.73 Å². The number of hydrogen-bond acceptors (Lipinski definition) is 1. The SMILES string of the molecule is CC.Nc1c(Cl)ccc(Cl)c1Cl. The van der Waals surface area contributed by atoms with Gasteiger partial charge < -0.3 is 5.73 Å². The molecule has 0 amide bonds. The molecule has 68 valence electrons. The van der Waals surface area contributed by atoms with Gasteiger partial charge in [-0.1, -0.05) is 48.7 Å². The van der Waals surface area contributed by atoms with Crippen molar-refractivity contribution >= 4 is 40.5 Å². The van der Waals surface area contributed by atoms with E-state index in [1.165, 1.54) is 0 Å². The molecule has 1 aromatic rings. The number of nitrogens with two attached hydrogens (primary N) is 1. The molecule has 1 nitrogen and oxygen atoms in total. The molecule has 0 bridgehead atoms. The average Bonchev–Trinajstić information content (AvgIpc) is 2.12. The van der Waals surface area contributed by atoms with Gasteiger partial charge in [-0.05, 0) is 12.1 Å². The summed E-state index contributed by atoms with van der Waals surface area (Å²) < 4.78 is 0. The van der Waals surface area contributed by atoms with E-state index < -0.39 is 0 Å². The van der Waals surface area contributed by atoms with Crippen molar-refractivity contribution in [3.63, 3.8) is 0 Å². The molecule has 0 spiro atoms. The van der Waals surface area contributed by atoms with Gasteiger partial charge in [0.25, 0.3) is 0 Å². The molecule has 1 rings (SSSR count). The molecule has 0 heterocycles. The highest BCUT2D eigenvalue weighted by Gasteiger charge is 2.04. The first-order valence-corrected chi connectivity index (χ1v) is 4.65. The smallest absolute Gasteiger partial charge is 0.0836 e. The Kier molecular flexibility index (Phi) is 5.47. The lowest BCUT2D eigenvalue weighted by molar-refractivity contribution is 1.50. The van der Waals surface area contributed by atoms with Gasteiger partial charge in [-0.3, -0.25) is 0 Å². The van der Waals surface area contributed by atoms with E-state index in [1.54, 1.807) is 12.1 Å². The van der Waals surface area contributed by atoms with Crippen LogP contribution in [0.2, 0.25) is 15.1 Å². The molecule has 1 aromatic carbocycles. The Bertz CT molecular complexity index is 234. The lowest BCUT2D eigenvalue weighted by Gasteiger charge is -2.00. The third kappa shape index (κ3) is 2.74. The number of rotatable bonds is 0. The molecule has 0 aromatic heterocycles. The van der Waals surface area contributed by atoms with Crippen molar-refractivity contribution in [3.05, 3.63) is 27.2 Å². The van der Waals surface area contributed by atoms with Crippen LogP contribution in [0.3, 0.4) is 0 Å². The molecule has 0 aliphatic carbocycles.